The highest BCUT2D eigenvalue weighted by molar-refractivity contribution is 5.71. The molecule has 1 atom stereocenters. The van der Waals surface area contributed by atoms with Gasteiger partial charge in [-0.2, -0.15) is 48.3 Å². The van der Waals surface area contributed by atoms with Crippen molar-refractivity contribution in [3.63, 3.8) is 0 Å². The van der Waals surface area contributed by atoms with Crippen molar-refractivity contribution in [1.29, 1.82) is 0 Å². The van der Waals surface area contributed by atoms with E-state index in [9.17, 15) is 53.1 Å². The van der Waals surface area contributed by atoms with E-state index in [1.807, 2.05) is 0 Å². The molecule has 0 aromatic heterocycles. The van der Waals surface area contributed by atoms with Crippen LogP contribution in [0.2, 0.25) is 0 Å². The molecule has 27 heavy (non-hydrogen) atoms. The maximum atomic E-state index is 13.4. The van der Waals surface area contributed by atoms with Gasteiger partial charge in [0, 0.05) is 12.8 Å². The minimum absolute atomic E-state index is 0.126. The van der Waals surface area contributed by atoms with Gasteiger partial charge in [-0.25, -0.2) is 0 Å². The monoisotopic (exact) mass is 426 g/mol. The van der Waals surface area contributed by atoms with Crippen molar-refractivity contribution in [3.05, 3.63) is 0 Å². The molecule has 0 aromatic carbocycles. The fourth-order valence-electron chi connectivity index (χ4n) is 1.64. The standard InChI is InChI=1S/C14H17F11O2/c1-3-8(2)9(26)27-7-13(21,22)11(17,18)5-4-10(15,16)12(19,20)6-14(23,24)25/h8H,3-7H2,1-2H3. The molecular weight excluding hydrogens is 409 g/mol. The topological polar surface area (TPSA) is 26.3 Å². The van der Waals surface area contributed by atoms with Crippen molar-refractivity contribution in [2.24, 2.45) is 5.92 Å². The van der Waals surface area contributed by atoms with E-state index in [0.29, 0.717) is 0 Å². The van der Waals surface area contributed by atoms with Crippen LogP contribution in [0.15, 0.2) is 0 Å². The average molecular weight is 426 g/mol. The molecular formula is C14H17F11O2. The summed E-state index contributed by atoms with van der Waals surface area (Å²) in [7, 11) is 0. The molecule has 0 rings (SSSR count). The maximum absolute atomic E-state index is 13.4. The number of rotatable bonds is 10. The van der Waals surface area contributed by atoms with Gasteiger partial charge in [0.1, 0.15) is 6.42 Å². The summed E-state index contributed by atoms with van der Waals surface area (Å²) in [6.45, 7) is 0.497. The van der Waals surface area contributed by atoms with Crippen LogP contribution in [-0.2, 0) is 9.53 Å². The number of halogens is 11. The van der Waals surface area contributed by atoms with Crippen molar-refractivity contribution >= 4 is 5.97 Å². The number of ether oxygens (including phenoxy) is 1. The largest absolute Gasteiger partial charge is 0.459 e. The van der Waals surface area contributed by atoms with E-state index in [1.165, 1.54) is 13.8 Å². The first-order valence-electron chi connectivity index (χ1n) is 7.52. The van der Waals surface area contributed by atoms with E-state index in [-0.39, 0.29) is 6.42 Å². The normalized spacial score (nSPS) is 15.6. The van der Waals surface area contributed by atoms with Crippen molar-refractivity contribution in [2.75, 3.05) is 6.61 Å². The van der Waals surface area contributed by atoms with Gasteiger partial charge in [-0.05, 0) is 6.42 Å². The molecule has 2 nitrogen and oxygen atoms in total. The Kier molecular flexibility index (Phi) is 7.97. The van der Waals surface area contributed by atoms with Gasteiger partial charge in [-0.15, -0.1) is 0 Å². The van der Waals surface area contributed by atoms with Crippen molar-refractivity contribution < 1.29 is 57.8 Å². The summed E-state index contributed by atoms with van der Waals surface area (Å²) in [5, 5.41) is 0. The van der Waals surface area contributed by atoms with Gasteiger partial charge in [-0.3, -0.25) is 4.79 Å². The van der Waals surface area contributed by atoms with Crippen LogP contribution in [0, 0.1) is 5.92 Å². The molecule has 0 saturated heterocycles. The fraction of sp³-hybridized carbons (Fsp3) is 0.929. The highest BCUT2D eigenvalue weighted by atomic mass is 19.4. The molecule has 0 aromatic rings. The highest BCUT2D eigenvalue weighted by Crippen LogP contribution is 2.47. The Morgan fingerprint density at radius 1 is 0.778 bits per heavy atom. The SMILES string of the molecule is CCC(C)C(=O)OCC(F)(F)C(F)(F)CCC(F)(F)C(F)(F)CC(F)(F)F. The van der Waals surface area contributed by atoms with Crippen LogP contribution in [0.1, 0.15) is 39.5 Å². The van der Waals surface area contributed by atoms with Crippen molar-refractivity contribution in [1.82, 2.24) is 0 Å². The van der Waals surface area contributed by atoms with E-state index >= 15 is 0 Å². The van der Waals surface area contributed by atoms with E-state index < -0.39 is 67.6 Å². The number of carbonyl (C=O) groups is 1. The summed E-state index contributed by atoms with van der Waals surface area (Å²) >= 11 is 0. The first-order valence-corrected chi connectivity index (χ1v) is 7.52. The summed E-state index contributed by atoms with van der Waals surface area (Å²) in [4.78, 5) is 11.2. The van der Waals surface area contributed by atoms with Gasteiger partial charge in [-0.1, -0.05) is 13.8 Å². The third-order valence-electron chi connectivity index (χ3n) is 3.66. The van der Waals surface area contributed by atoms with Crippen LogP contribution in [0.4, 0.5) is 48.3 Å². The minimum atomic E-state index is -5.76. The highest BCUT2D eigenvalue weighted by Gasteiger charge is 2.64. The Labute approximate surface area is 147 Å². The molecule has 0 bridgehead atoms. The Balaban J connectivity index is 5.05. The lowest BCUT2D eigenvalue weighted by molar-refractivity contribution is -0.277. The van der Waals surface area contributed by atoms with Gasteiger partial charge >= 0.3 is 35.8 Å². The Morgan fingerprint density at radius 3 is 1.56 bits per heavy atom. The number of alkyl halides is 11. The molecule has 13 heteroatoms. The summed E-state index contributed by atoms with van der Waals surface area (Å²) in [6.07, 6.45) is -14.1. The van der Waals surface area contributed by atoms with E-state index in [1.54, 1.807) is 0 Å². The molecule has 0 saturated carbocycles. The number of carbonyl (C=O) groups excluding carboxylic acids is 1. The van der Waals surface area contributed by atoms with Gasteiger partial charge in [0.2, 0.25) is 0 Å². The average Bonchev–Trinajstić information content (AvgIpc) is 2.47. The molecule has 0 heterocycles. The van der Waals surface area contributed by atoms with E-state index in [2.05, 4.69) is 4.74 Å². The van der Waals surface area contributed by atoms with Gasteiger partial charge in [0.15, 0.2) is 6.61 Å². The molecule has 0 radical (unpaired) electrons. The molecule has 0 spiro atoms. The predicted molar refractivity (Wildman–Crippen MR) is 70.1 cm³/mol. The molecule has 1 unspecified atom stereocenters. The summed E-state index contributed by atoms with van der Waals surface area (Å²) in [5.74, 6) is -24.1. The molecule has 0 aliphatic carbocycles. The Morgan fingerprint density at radius 2 is 1.19 bits per heavy atom. The van der Waals surface area contributed by atoms with Crippen molar-refractivity contribution in [2.45, 2.75) is 69.4 Å². The van der Waals surface area contributed by atoms with Gasteiger partial charge in [0.05, 0.1) is 5.92 Å². The summed E-state index contributed by atoms with van der Waals surface area (Å²) in [5.41, 5.74) is 0. The van der Waals surface area contributed by atoms with Crippen LogP contribution < -0.4 is 0 Å². The number of esters is 1. The predicted octanol–water partition coefficient (Wildman–Crippen LogP) is 5.85. The van der Waals surface area contributed by atoms with Crippen molar-refractivity contribution in [3.8, 4) is 0 Å². The second-order valence-electron chi connectivity index (χ2n) is 6.03. The lowest BCUT2D eigenvalue weighted by Crippen LogP contribution is -2.48. The van der Waals surface area contributed by atoms with Crippen LogP contribution in [0.25, 0.3) is 0 Å². The summed E-state index contributed by atoms with van der Waals surface area (Å²) < 4.78 is 146. The molecule has 0 fully saturated rings. The second-order valence-corrected chi connectivity index (χ2v) is 6.03. The molecule has 0 aliphatic heterocycles. The quantitative estimate of drug-likeness (QED) is 0.324. The number of hydrogen-bond donors (Lipinski definition) is 0. The van der Waals surface area contributed by atoms with Crippen LogP contribution in [0.3, 0.4) is 0 Å². The minimum Gasteiger partial charge on any atom is -0.459 e. The van der Waals surface area contributed by atoms with E-state index in [4.69, 9.17) is 0 Å². The first kappa shape index (κ1) is 25.7. The first-order chi connectivity index (χ1) is 11.8. The zero-order chi connectivity index (χ0) is 21.9. The van der Waals surface area contributed by atoms with Gasteiger partial charge < -0.3 is 4.74 Å². The zero-order valence-corrected chi connectivity index (χ0v) is 14.1. The molecule has 162 valence electrons. The third-order valence-corrected chi connectivity index (χ3v) is 3.66. The maximum Gasteiger partial charge on any atom is 0.395 e. The van der Waals surface area contributed by atoms with E-state index in [0.717, 1.165) is 0 Å². The fourth-order valence-corrected chi connectivity index (χ4v) is 1.64. The van der Waals surface area contributed by atoms with Crippen LogP contribution in [-0.4, -0.2) is 42.4 Å². The lowest BCUT2D eigenvalue weighted by Gasteiger charge is -2.31. The lowest BCUT2D eigenvalue weighted by atomic mass is 9.98. The molecule has 0 amide bonds. The zero-order valence-electron chi connectivity index (χ0n) is 14.1. The molecule has 0 N–H and O–H groups in total. The number of hydrogen-bond acceptors (Lipinski definition) is 2. The van der Waals surface area contributed by atoms with Crippen LogP contribution in [0.5, 0.6) is 0 Å². The Bertz CT molecular complexity index is 500. The smallest absolute Gasteiger partial charge is 0.395 e. The summed E-state index contributed by atoms with van der Waals surface area (Å²) in [6, 6.07) is 0. The third kappa shape index (κ3) is 7.32. The van der Waals surface area contributed by atoms with Gasteiger partial charge in [0.25, 0.3) is 0 Å². The Hall–Kier alpha value is -1.30. The molecule has 0 aliphatic rings. The van der Waals surface area contributed by atoms with Crippen LogP contribution >= 0.6 is 0 Å². The second kappa shape index (κ2) is 8.38.